The molecule has 0 bridgehead atoms. The lowest BCUT2D eigenvalue weighted by molar-refractivity contribution is -0.902. The molecule has 0 saturated heterocycles. The van der Waals surface area contributed by atoms with Gasteiger partial charge in [0.15, 0.2) is 5.11 Å². The Kier molecular flexibility index (Phi) is 12.1. The van der Waals surface area contributed by atoms with Crippen molar-refractivity contribution >= 4 is 17.3 Å². The third-order valence-corrected chi connectivity index (χ3v) is 6.43. The molecular formula is C23H25F17N3OS+. The van der Waals surface area contributed by atoms with E-state index >= 15 is 0 Å². The van der Waals surface area contributed by atoms with Gasteiger partial charge in [-0.2, -0.15) is 74.6 Å². The van der Waals surface area contributed by atoms with Crippen LogP contribution in [0, 0.1) is 0 Å². The highest BCUT2D eigenvalue weighted by atomic mass is 32.1. The van der Waals surface area contributed by atoms with Crippen LogP contribution in [-0.4, -0.2) is 97.8 Å². The second kappa shape index (κ2) is 13.4. The van der Waals surface area contributed by atoms with E-state index < -0.39 is 67.4 Å². The number of hydrogen-bond acceptors (Lipinski definition) is 2. The quantitative estimate of drug-likeness (QED) is 0.0630. The molecule has 0 unspecified atom stereocenters. The maximum absolute atomic E-state index is 13.9. The maximum atomic E-state index is 13.9. The van der Waals surface area contributed by atoms with E-state index in [1.807, 2.05) is 44.4 Å². The Morgan fingerprint density at radius 3 is 1.58 bits per heavy atom. The summed E-state index contributed by atoms with van der Waals surface area (Å²) < 4.78 is 231. The third-order valence-electron chi connectivity index (χ3n) is 6.14. The normalized spacial score (nSPS) is 14.8. The summed E-state index contributed by atoms with van der Waals surface area (Å²) in [4.78, 5) is 0. The number of likely N-dealkylation sites (N-methyl/N-ethyl adjacent to an activating group) is 1. The van der Waals surface area contributed by atoms with Gasteiger partial charge in [0.1, 0.15) is 13.3 Å². The van der Waals surface area contributed by atoms with Crippen LogP contribution in [-0.2, 0) is 11.3 Å². The molecule has 0 spiro atoms. The van der Waals surface area contributed by atoms with Gasteiger partial charge in [-0.1, -0.05) is 30.3 Å². The van der Waals surface area contributed by atoms with Crippen molar-refractivity contribution in [1.29, 1.82) is 0 Å². The number of alkyl halides is 17. The lowest BCUT2D eigenvalue weighted by Crippen LogP contribution is -2.74. The van der Waals surface area contributed by atoms with Gasteiger partial charge in [0.25, 0.3) is 0 Å². The summed E-state index contributed by atoms with van der Waals surface area (Å²) in [7, 11) is 3.74. The molecule has 0 amide bonds. The maximum Gasteiger partial charge on any atom is 0.460 e. The summed E-state index contributed by atoms with van der Waals surface area (Å²) in [5.41, 5.74) is 1.01. The van der Waals surface area contributed by atoms with Crippen LogP contribution >= 0.6 is 12.2 Å². The standard InChI is InChI=1S/C23H24F17N3OS/c1-43(2,12-14-6-4-3-5-7-14)10-9-41-15(45)42-13-44-11-8-16(24,25)17(26,27)18(28,29)19(30,31)20(32,33)21(34,35)22(36,37)23(38,39)40/h3-7H,8-13H2,1-2H3,(H-,41,42,45)/p+1. The van der Waals surface area contributed by atoms with Crippen molar-refractivity contribution < 1.29 is 83.9 Å². The van der Waals surface area contributed by atoms with Gasteiger partial charge in [0, 0.05) is 12.0 Å². The molecule has 0 aliphatic carbocycles. The number of quaternary nitrogens is 1. The summed E-state index contributed by atoms with van der Waals surface area (Å²) in [6.45, 7) is -1.33. The van der Waals surface area contributed by atoms with Crippen molar-refractivity contribution in [2.45, 2.75) is 60.6 Å². The molecule has 0 fully saturated rings. The Morgan fingerprint density at radius 2 is 1.11 bits per heavy atom. The molecule has 45 heavy (non-hydrogen) atoms. The number of thiocarbonyl (C=S) groups is 1. The van der Waals surface area contributed by atoms with Gasteiger partial charge in [0.05, 0.1) is 33.8 Å². The first-order chi connectivity index (χ1) is 19.9. The molecule has 1 rings (SSSR count). The fourth-order valence-corrected chi connectivity index (χ4v) is 3.59. The second-order valence-corrected chi connectivity index (χ2v) is 10.6. The van der Waals surface area contributed by atoms with E-state index in [0.29, 0.717) is 17.6 Å². The van der Waals surface area contributed by atoms with Crippen LogP contribution in [0.2, 0.25) is 0 Å². The molecule has 0 heterocycles. The lowest BCUT2D eigenvalue weighted by Gasteiger charge is -2.42. The Balaban J connectivity index is 2.80. The van der Waals surface area contributed by atoms with Crippen molar-refractivity contribution in [1.82, 2.24) is 10.6 Å². The van der Waals surface area contributed by atoms with Gasteiger partial charge < -0.3 is 19.9 Å². The molecular weight excluding hydrogens is 689 g/mol. The highest BCUT2D eigenvalue weighted by molar-refractivity contribution is 7.80. The van der Waals surface area contributed by atoms with Gasteiger partial charge in [-0.25, -0.2) is 0 Å². The molecule has 1 aromatic carbocycles. The Morgan fingerprint density at radius 1 is 0.667 bits per heavy atom. The predicted octanol–water partition coefficient (Wildman–Crippen LogP) is 7.10. The molecule has 0 aromatic heterocycles. The number of ether oxygens (including phenoxy) is 1. The van der Waals surface area contributed by atoms with Gasteiger partial charge in [-0.05, 0) is 12.2 Å². The van der Waals surface area contributed by atoms with Crippen molar-refractivity contribution in [3.63, 3.8) is 0 Å². The van der Waals surface area contributed by atoms with Gasteiger partial charge >= 0.3 is 47.6 Å². The van der Waals surface area contributed by atoms with E-state index in [9.17, 15) is 74.6 Å². The number of nitrogens with zero attached hydrogens (tertiary/aromatic N) is 1. The SMILES string of the molecule is C[N+](C)(CCNC(=S)NCOCCC(F)(F)C(F)(F)C(F)(F)C(F)(F)C(F)(F)C(F)(F)C(F)(F)C(F)(F)F)Cc1ccccc1. The predicted molar refractivity (Wildman–Crippen MR) is 127 cm³/mol. The van der Waals surface area contributed by atoms with Crippen LogP contribution < -0.4 is 10.6 Å². The number of rotatable bonds is 16. The van der Waals surface area contributed by atoms with Gasteiger partial charge in [-0.3, -0.25) is 0 Å². The van der Waals surface area contributed by atoms with Crippen molar-refractivity contribution in [3.05, 3.63) is 35.9 Å². The van der Waals surface area contributed by atoms with Crippen molar-refractivity contribution in [2.24, 2.45) is 0 Å². The monoisotopic (exact) mass is 714 g/mol. The highest BCUT2D eigenvalue weighted by Gasteiger charge is 2.95. The van der Waals surface area contributed by atoms with Gasteiger partial charge in [0.2, 0.25) is 0 Å². The van der Waals surface area contributed by atoms with Gasteiger partial charge in [-0.15, -0.1) is 0 Å². The van der Waals surface area contributed by atoms with Crippen LogP contribution in [0.4, 0.5) is 74.6 Å². The largest absolute Gasteiger partial charge is 0.460 e. The van der Waals surface area contributed by atoms with Crippen LogP contribution in [0.3, 0.4) is 0 Å². The zero-order chi connectivity index (χ0) is 35.6. The van der Waals surface area contributed by atoms with E-state index in [4.69, 9.17) is 12.2 Å². The molecule has 4 nitrogen and oxygen atoms in total. The molecule has 22 heteroatoms. The third kappa shape index (κ3) is 8.14. The van der Waals surface area contributed by atoms with E-state index in [2.05, 4.69) is 15.4 Å². The molecule has 0 radical (unpaired) electrons. The number of nitrogens with one attached hydrogen (secondary N) is 2. The van der Waals surface area contributed by atoms with E-state index in [-0.39, 0.29) is 11.7 Å². The number of benzene rings is 1. The molecule has 1 aromatic rings. The zero-order valence-corrected chi connectivity index (χ0v) is 23.6. The number of halogens is 17. The van der Waals surface area contributed by atoms with Crippen LogP contribution in [0.15, 0.2) is 30.3 Å². The summed E-state index contributed by atoms with van der Waals surface area (Å²) in [5.74, 6) is -56.5. The molecule has 0 aliphatic rings. The number of hydrogen-bond donors (Lipinski definition) is 2. The van der Waals surface area contributed by atoms with Crippen LogP contribution in [0.5, 0.6) is 0 Å². The van der Waals surface area contributed by atoms with E-state index in [0.717, 1.165) is 5.56 Å². The second-order valence-electron chi connectivity index (χ2n) is 10.2. The molecule has 2 N–H and O–H groups in total. The Bertz CT molecular complexity index is 1130. The van der Waals surface area contributed by atoms with Crippen LogP contribution in [0.1, 0.15) is 12.0 Å². The molecule has 0 saturated carbocycles. The Hall–Kier alpha value is -2.36. The summed E-state index contributed by atoms with van der Waals surface area (Å²) >= 11 is 4.84. The summed E-state index contributed by atoms with van der Waals surface area (Å²) in [6, 6.07) is 9.25. The first-order valence-electron chi connectivity index (χ1n) is 12.1. The smallest absolute Gasteiger partial charge is 0.361 e. The summed E-state index contributed by atoms with van der Waals surface area (Å²) in [5, 5.41) is 4.67. The highest BCUT2D eigenvalue weighted by Crippen LogP contribution is 2.64. The van der Waals surface area contributed by atoms with Crippen molar-refractivity contribution in [3.8, 4) is 0 Å². The lowest BCUT2D eigenvalue weighted by atomic mass is 9.88. The minimum atomic E-state index is -8.65. The minimum absolute atomic E-state index is 0.197. The summed E-state index contributed by atoms with van der Waals surface area (Å²) in [6.07, 6.45) is -10.5. The first kappa shape index (κ1) is 40.7. The average Bonchev–Trinajstić information content (AvgIpc) is 2.87. The molecule has 262 valence electrons. The van der Waals surface area contributed by atoms with E-state index in [1.165, 1.54) is 0 Å². The Labute approximate surface area is 249 Å². The van der Waals surface area contributed by atoms with E-state index in [1.54, 1.807) is 0 Å². The molecule has 0 aliphatic heterocycles. The average molecular weight is 715 g/mol. The fourth-order valence-electron chi connectivity index (χ4n) is 3.43. The zero-order valence-electron chi connectivity index (χ0n) is 22.8. The fraction of sp³-hybridized carbons (Fsp3) is 0.696. The van der Waals surface area contributed by atoms with Crippen LogP contribution in [0.25, 0.3) is 0 Å². The topological polar surface area (TPSA) is 33.3 Å². The van der Waals surface area contributed by atoms with Crippen molar-refractivity contribution in [2.75, 3.05) is 40.5 Å². The first-order valence-corrected chi connectivity index (χ1v) is 12.5. The molecule has 0 atom stereocenters. The minimum Gasteiger partial charge on any atom is -0.361 e.